The second-order valence-electron chi connectivity index (χ2n) is 12.6. The minimum atomic E-state index is 0.740. The molecule has 2 aliphatic rings. The summed E-state index contributed by atoms with van der Waals surface area (Å²) in [6, 6.07) is 36.0. The van der Waals surface area contributed by atoms with Gasteiger partial charge in [-0.05, 0) is 153 Å². The Hall–Kier alpha value is -4.24. The average molecular weight is 550 g/mol. The van der Waals surface area contributed by atoms with E-state index in [0.29, 0.717) is 0 Å². The van der Waals surface area contributed by atoms with Gasteiger partial charge in [-0.25, -0.2) is 0 Å². The van der Waals surface area contributed by atoms with Gasteiger partial charge >= 0.3 is 0 Å². The van der Waals surface area contributed by atoms with Crippen molar-refractivity contribution >= 4 is 17.1 Å². The molecule has 0 radical (unpaired) electrons. The Morgan fingerprint density at radius 3 is 1.31 bits per heavy atom. The van der Waals surface area contributed by atoms with E-state index in [1.54, 1.807) is 0 Å². The van der Waals surface area contributed by atoms with Crippen LogP contribution in [0.4, 0.5) is 17.1 Å². The summed E-state index contributed by atoms with van der Waals surface area (Å²) in [4.78, 5) is 11.5. The molecule has 0 N–H and O–H groups in total. The van der Waals surface area contributed by atoms with E-state index in [4.69, 9.17) is 0 Å². The molecular weight excluding hydrogens is 510 g/mol. The van der Waals surface area contributed by atoms with Crippen LogP contribution in [-0.2, 0) is 0 Å². The summed E-state index contributed by atoms with van der Waals surface area (Å²) < 4.78 is 0. The minimum absolute atomic E-state index is 0.740. The van der Waals surface area contributed by atoms with Crippen molar-refractivity contribution < 1.29 is 0 Å². The molecule has 3 heteroatoms. The first-order valence-corrected chi connectivity index (χ1v) is 15.4. The van der Waals surface area contributed by atoms with Gasteiger partial charge in [0, 0.05) is 39.8 Å². The summed E-state index contributed by atoms with van der Waals surface area (Å²) in [7, 11) is 0. The van der Waals surface area contributed by atoms with Crippen LogP contribution in [0.3, 0.4) is 0 Å². The third-order valence-electron chi connectivity index (χ3n) is 9.40. The number of rotatable bonds is 6. The largest absolute Gasteiger partial charge is 0.311 e. The molecule has 5 aromatic rings. The third-order valence-corrected chi connectivity index (χ3v) is 9.40. The standard InChI is InChI=1S/C39H39N3/c1-25-19-34(20-26(2)40-25)30-7-13-36(14-8-30)42(37-15-9-31(10-16-37)35-21-27(3)41-28(4)22-35)38-17-11-32(12-18-38)39-24-29-5-6-33(39)23-29/h7-22,29,33,39H,5-6,23-24H2,1-4H3. The zero-order valence-corrected chi connectivity index (χ0v) is 25.1. The van der Waals surface area contributed by atoms with Crippen molar-refractivity contribution in [1.82, 2.24) is 9.97 Å². The third kappa shape index (κ3) is 5.25. The number of pyridine rings is 2. The highest BCUT2D eigenvalue weighted by Gasteiger charge is 2.40. The second kappa shape index (κ2) is 10.9. The lowest BCUT2D eigenvalue weighted by Crippen LogP contribution is -2.11. The van der Waals surface area contributed by atoms with Crippen LogP contribution in [0.25, 0.3) is 22.3 Å². The smallest absolute Gasteiger partial charge is 0.0462 e. The number of hydrogen-bond donors (Lipinski definition) is 0. The van der Waals surface area contributed by atoms with Gasteiger partial charge in [0.1, 0.15) is 0 Å². The molecule has 7 rings (SSSR count). The van der Waals surface area contributed by atoms with E-state index in [9.17, 15) is 0 Å². The molecule has 2 aliphatic carbocycles. The molecule has 2 saturated carbocycles. The summed E-state index contributed by atoms with van der Waals surface area (Å²) in [5.41, 5.74) is 14.0. The fraction of sp³-hybridized carbons (Fsp3) is 0.282. The van der Waals surface area contributed by atoms with Gasteiger partial charge < -0.3 is 4.90 Å². The lowest BCUT2D eigenvalue weighted by molar-refractivity contribution is 0.420. The van der Waals surface area contributed by atoms with E-state index in [0.717, 1.165) is 51.9 Å². The van der Waals surface area contributed by atoms with Gasteiger partial charge in [-0.15, -0.1) is 0 Å². The Kier molecular flexibility index (Phi) is 6.90. The molecule has 2 bridgehead atoms. The molecule has 3 nitrogen and oxygen atoms in total. The maximum absolute atomic E-state index is 4.56. The maximum Gasteiger partial charge on any atom is 0.0462 e. The molecule has 3 aromatic carbocycles. The zero-order valence-electron chi connectivity index (χ0n) is 25.1. The Labute approximate surface area is 250 Å². The summed E-state index contributed by atoms with van der Waals surface area (Å²) in [6.45, 7) is 8.24. The number of benzene rings is 3. The normalized spacial score (nSPS) is 19.3. The SMILES string of the molecule is Cc1cc(-c2ccc(N(c3ccc(-c4cc(C)nc(C)c4)cc3)c3ccc(C4CC5CCC4C5)cc3)cc2)cc(C)n1. The number of aromatic nitrogens is 2. The fourth-order valence-electron chi connectivity index (χ4n) is 7.58. The second-order valence-corrected chi connectivity index (χ2v) is 12.6. The van der Waals surface area contributed by atoms with Crippen LogP contribution in [0.1, 0.15) is 59.9 Å². The van der Waals surface area contributed by atoms with E-state index >= 15 is 0 Å². The lowest BCUT2D eigenvalue weighted by Gasteiger charge is -2.27. The van der Waals surface area contributed by atoms with Gasteiger partial charge in [-0.3, -0.25) is 9.97 Å². The molecule has 2 fully saturated rings. The van der Waals surface area contributed by atoms with Crippen molar-refractivity contribution in [1.29, 1.82) is 0 Å². The molecule has 0 amide bonds. The van der Waals surface area contributed by atoms with Gasteiger partial charge in [-0.2, -0.15) is 0 Å². The molecule has 2 aromatic heterocycles. The maximum atomic E-state index is 4.56. The lowest BCUT2D eigenvalue weighted by atomic mass is 9.83. The van der Waals surface area contributed by atoms with Crippen molar-refractivity contribution in [3.8, 4) is 22.3 Å². The number of anilines is 3. The first-order valence-electron chi connectivity index (χ1n) is 15.4. The Morgan fingerprint density at radius 2 is 0.929 bits per heavy atom. The van der Waals surface area contributed by atoms with Crippen molar-refractivity contribution in [2.75, 3.05) is 4.90 Å². The summed E-state index contributed by atoms with van der Waals surface area (Å²) >= 11 is 0. The van der Waals surface area contributed by atoms with E-state index in [2.05, 4.69) is 140 Å². The molecule has 42 heavy (non-hydrogen) atoms. The summed E-state index contributed by atoms with van der Waals surface area (Å²) in [5.74, 6) is 2.58. The highest BCUT2D eigenvalue weighted by Crippen LogP contribution is 2.53. The van der Waals surface area contributed by atoms with Crippen molar-refractivity contribution in [2.24, 2.45) is 11.8 Å². The topological polar surface area (TPSA) is 29.0 Å². The van der Waals surface area contributed by atoms with Crippen LogP contribution in [0.5, 0.6) is 0 Å². The number of fused-ring (bicyclic) bond motifs is 2. The minimum Gasteiger partial charge on any atom is -0.311 e. The van der Waals surface area contributed by atoms with E-state index in [1.165, 1.54) is 59.2 Å². The Bertz CT molecular complexity index is 1580. The van der Waals surface area contributed by atoms with E-state index in [1.807, 2.05) is 0 Å². The van der Waals surface area contributed by atoms with Crippen LogP contribution in [0.15, 0.2) is 97.1 Å². The predicted molar refractivity (Wildman–Crippen MR) is 175 cm³/mol. The highest BCUT2D eigenvalue weighted by atomic mass is 15.1. The van der Waals surface area contributed by atoms with Gasteiger partial charge in [0.05, 0.1) is 0 Å². The van der Waals surface area contributed by atoms with Gasteiger partial charge in [0.15, 0.2) is 0 Å². The van der Waals surface area contributed by atoms with Crippen LogP contribution >= 0.6 is 0 Å². The summed E-state index contributed by atoms with van der Waals surface area (Å²) in [5, 5.41) is 0. The number of nitrogens with zero attached hydrogens (tertiary/aromatic N) is 3. The monoisotopic (exact) mass is 549 g/mol. The van der Waals surface area contributed by atoms with Crippen LogP contribution in [0, 0.1) is 39.5 Å². The average Bonchev–Trinajstić information content (AvgIpc) is 3.62. The van der Waals surface area contributed by atoms with Gasteiger partial charge in [0.2, 0.25) is 0 Å². The first kappa shape index (κ1) is 26.6. The molecule has 2 heterocycles. The molecule has 0 aliphatic heterocycles. The first-order chi connectivity index (χ1) is 20.4. The van der Waals surface area contributed by atoms with Crippen LogP contribution in [-0.4, -0.2) is 9.97 Å². The Balaban J connectivity index is 1.24. The molecule has 0 saturated heterocycles. The molecule has 3 atom stereocenters. The van der Waals surface area contributed by atoms with Crippen molar-refractivity contribution in [2.45, 2.75) is 59.3 Å². The summed E-state index contributed by atoms with van der Waals surface area (Å²) in [6.07, 6.45) is 5.66. The van der Waals surface area contributed by atoms with Crippen molar-refractivity contribution in [3.05, 3.63) is 125 Å². The van der Waals surface area contributed by atoms with Crippen molar-refractivity contribution in [3.63, 3.8) is 0 Å². The quantitative estimate of drug-likeness (QED) is 0.211. The molecule has 3 unspecified atom stereocenters. The highest BCUT2D eigenvalue weighted by molar-refractivity contribution is 5.80. The van der Waals surface area contributed by atoms with Crippen LogP contribution < -0.4 is 4.90 Å². The van der Waals surface area contributed by atoms with Crippen LogP contribution in [0.2, 0.25) is 0 Å². The molecular formula is C39H39N3. The van der Waals surface area contributed by atoms with Gasteiger partial charge in [0.25, 0.3) is 0 Å². The fourth-order valence-corrected chi connectivity index (χ4v) is 7.58. The molecule has 210 valence electrons. The van der Waals surface area contributed by atoms with E-state index in [-0.39, 0.29) is 0 Å². The predicted octanol–water partition coefficient (Wildman–Crippen LogP) is 10.4. The number of aryl methyl sites for hydroxylation is 4. The Morgan fingerprint density at radius 1 is 0.500 bits per heavy atom. The van der Waals surface area contributed by atoms with Gasteiger partial charge in [-0.1, -0.05) is 42.8 Å². The number of hydrogen-bond acceptors (Lipinski definition) is 3. The zero-order chi connectivity index (χ0) is 28.8. The molecule has 0 spiro atoms. The van der Waals surface area contributed by atoms with E-state index < -0.39 is 0 Å².